The number of nitrogens with zero attached hydrogens (tertiary/aromatic N) is 1. The smallest absolute Gasteiger partial charge is 0.324 e. The Kier molecular flexibility index (Phi) is 5.16. The fraction of sp³-hybridized carbons (Fsp3) is 0.333. The third-order valence-electron chi connectivity index (χ3n) is 2.74. The first kappa shape index (κ1) is 15.3. The summed E-state index contributed by atoms with van der Waals surface area (Å²) < 4.78 is 5.76. The lowest BCUT2D eigenvalue weighted by Gasteiger charge is -2.14. The van der Waals surface area contributed by atoms with E-state index in [-0.39, 0.29) is 9.92 Å². The number of para-hydroxylation sites is 2. The van der Waals surface area contributed by atoms with Crippen molar-refractivity contribution in [1.82, 2.24) is 0 Å². The van der Waals surface area contributed by atoms with Crippen molar-refractivity contribution >= 4 is 22.0 Å². The van der Waals surface area contributed by atoms with Gasteiger partial charge in [-0.25, -0.2) is 0 Å². The van der Waals surface area contributed by atoms with E-state index in [0.29, 0.717) is 19.1 Å². The maximum Gasteiger partial charge on any atom is 0.324 e. The van der Waals surface area contributed by atoms with Gasteiger partial charge in [-0.15, -0.1) is 0 Å². The molecule has 1 N–H and O–H groups in total. The van der Waals surface area contributed by atoms with Crippen molar-refractivity contribution in [3.63, 3.8) is 0 Å². The maximum absolute atomic E-state index is 10.7. The number of anilines is 1. The Morgan fingerprint density at radius 2 is 2.05 bits per heavy atom. The number of ether oxygens (including phenoxy) is 1. The predicted molar refractivity (Wildman–Crippen MR) is 85.1 cm³/mol. The van der Waals surface area contributed by atoms with Gasteiger partial charge in [0, 0.05) is 17.5 Å². The fourth-order valence-corrected chi connectivity index (χ4v) is 2.50. The van der Waals surface area contributed by atoms with Crippen LogP contribution in [0.4, 0.5) is 10.7 Å². The summed E-state index contributed by atoms with van der Waals surface area (Å²) in [6.07, 6.45) is 0. The number of hydrogen-bond donors (Lipinski definition) is 1. The van der Waals surface area contributed by atoms with Crippen molar-refractivity contribution in [3.8, 4) is 5.75 Å². The predicted octanol–water partition coefficient (Wildman–Crippen LogP) is 4.30. The Labute approximate surface area is 127 Å². The molecule has 0 fully saturated rings. The zero-order chi connectivity index (χ0) is 15.2. The molecule has 112 valence electrons. The van der Waals surface area contributed by atoms with Crippen LogP contribution in [0.2, 0.25) is 0 Å². The normalized spacial score (nSPS) is 10.6. The van der Waals surface area contributed by atoms with Gasteiger partial charge in [-0.2, -0.15) is 0 Å². The summed E-state index contributed by atoms with van der Waals surface area (Å²) in [6, 6.07) is 11.0. The second-order valence-electron chi connectivity index (χ2n) is 5.05. The Morgan fingerprint density at radius 1 is 1.29 bits per heavy atom. The summed E-state index contributed by atoms with van der Waals surface area (Å²) >= 11 is 1.18. The zero-order valence-electron chi connectivity index (χ0n) is 12.0. The number of hydrogen-bond acceptors (Lipinski definition) is 5. The maximum atomic E-state index is 10.7. The van der Waals surface area contributed by atoms with Crippen molar-refractivity contribution in [2.24, 2.45) is 5.92 Å². The Morgan fingerprint density at radius 3 is 2.71 bits per heavy atom. The van der Waals surface area contributed by atoms with E-state index in [9.17, 15) is 10.1 Å². The molecule has 0 aliphatic heterocycles. The van der Waals surface area contributed by atoms with Gasteiger partial charge in [-0.05, 0) is 24.1 Å². The highest BCUT2D eigenvalue weighted by molar-refractivity contribution is 7.15. The monoisotopic (exact) mass is 306 g/mol. The third kappa shape index (κ3) is 4.46. The molecule has 0 saturated carbocycles. The highest BCUT2D eigenvalue weighted by Gasteiger charge is 2.10. The van der Waals surface area contributed by atoms with Crippen molar-refractivity contribution in [1.29, 1.82) is 0 Å². The summed E-state index contributed by atoms with van der Waals surface area (Å²) in [5.41, 5.74) is 0.897. The molecule has 0 saturated heterocycles. The van der Waals surface area contributed by atoms with E-state index in [1.807, 2.05) is 24.3 Å². The fourth-order valence-electron chi connectivity index (χ4n) is 1.74. The van der Waals surface area contributed by atoms with Gasteiger partial charge >= 0.3 is 5.00 Å². The molecule has 0 amide bonds. The van der Waals surface area contributed by atoms with Crippen molar-refractivity contribution in [2.75, 3.05) is 11.9 Å². The molecule has 5 nitrogen and oxygen atoms in total. The van der Waals surface area contributed by atoms with Crippen molar-refractivity contribution in [2.45, 2.75) is 20.4 Å². The lowest BCUT2D eigenvalue weighted by atomic mass is 10.2. The van der Waals surface area contributed by atoms with Crippen LogP contribution in [-0.4, -0.2) is 11.5 Å². The minimum absolute atomic E-state index is 0.163. The number of benzene rings is 1. The van der Waals surface area contributed by atoms with E-state index < -0.39 is 0 Å². The molecule has 0 bridgehead atoms. The van der Waals surface area contributed by atoms with Crippen LogP contribution in [0, 0.1) is 16.0 Å². The van der Waals surface area contributed by atoms with Crippen LogP contribution in [-0.2, 0) is 6.54 Å². The highest BCUT2D eigenvalue weighted by atomic mass is 32.1. The lowest BCUT2D eigenvalue weighted by Crippen LogP contribution is -2.07. The average Bonchev–Trinajstić information content (AvgIpc) is 2.93. The molecular formula is C15H18N2O3S. The summed E-state index contributed by atoms with van der Waals surface area (Å²) in [5.74, 6) is 1.26. The van der Waals surface area contributed by atoms with Gasteiger partial charge in [-0.1, -0.05) is 37.3 Å². The molecular weight excluding hydrogens is 288 g/mol. The molecule has 0 unspecified atom stereocenters. The molecule has 0 radical (unpaired) electrons. The largest absolute Gasteiger partial charge is 0.491 e. The minimum Gasteiger partial charge on any atom is -0.491 e. The van der Waals surface area contributed by atoms with Gasteiger partial charge in [0.1, 0.15) is 5.75 Å². The van der Waals surface area contributed by atoms with Gasteiger partial charge < -0.3 is 10.1 Å². The number of nitro groups is 1. The van der Waals surface area contributed by atoms with Gasteiger partial charge in [0.15, 0.2) is 0 Å². The Bertz CT molecular complexity index is 610. The van der Waals surface area contributed by atoms with E-state index in [4.69, 9.17) is 4.74 Å². The molecule has 21 heavy (non-hydrogen) atoms. The number of nitrogens with one attached hydrogen (secondary N) is 1. The van der Waals surface area contributed by atoms with Crippen LogP contribution in [0.3, 0.4) is 0 Å². The van der Waals surface area contributed by atoms with Crippen LogP contribution in [0.1, 0.15) is 18.7 Å². The minimum atomic E-state index is -0.367. The molecule has 0 aliphatic rings. The van der Waals surface area contributed by atoms with Gasteiger partial charge in [0.2, 0.25) is 0 Å². The summed E-state index contributed by atoms with van der Waals surface area (Å²) in [6.45, 7) is 5.39. The molecule has 1 aromatic carbocycles. The van der Waals surface area contributed by atoms with Crippen LogP contribution < -0.4 is 10.1 Å². The molecule has 0 aliphatic carbocycles. The van der Waals surface area contributed by atoms with E-state index in [1.165, 1.54) is 17.4 Å². The number of rotatable bonds is 7. The Hall–Kier alpha value is -2.08. The molecule has 6 heteroatoms. The van der Waals surface area contributed by atoms with E-state index in [0.717, 1.165) is 16.3 Å². The average molecular weight is 306 g/mol. The second kappa shape index (κ2) is 7.08. The quantitative estimate of drug-likeness (QED) is 0.611. The molecule has 0 atom stereocenters. The number of thiophene rings is 1. The van der Waals surface area contributed by atoms with Gasteiger partial charge in [0.25, 0.3) is 0 Å². The molecule has 1 heterocycles. The van der Waals surface area contributed by atoms with Crippen LogP contribution >= 0.6 is 11.3 Å². The topological polar surface area (TPSA) is 64.4 Å². The standard InChI is InChI=1S/C15H18N2O3S/c1-11(2)10-20-14-6-4-3-5-13(14)16-9-12-7-8-15(21-12)17(18)19/h3-8,11,16H,9-10H2,1-2H3. The second-order valence-corrected chi connectivity index (χ2v) is 6.20. The first-order valence-corrected chi connectivity index (χ1v) is 7.56. The van der Waals surface area contributed by atoms with E-state index in [2.05, 4.69) is 19.2 Å². The van der Waals surface area contributed by atoms with Gasteiger partial charge in [0.05, 0.1) is 17.2 Å². The summed E-state index contributed by atoms with van der Waals surface area (Å²) in [7, 11) is 0. The van der Waals surface area contributed by atoms with Crippen LogP contribution in [0.5, 0.6) is 5.75 Å². The summed E-state index contributed by atoms with van der Waals surface area (Å²) in [4.78, 5) is 11.2. The van der Waals surface area contributed by atoms with Crippen LogP contribution in [0.25, 0.3) is 0 Å². The van der Waals surface area contributed by atoms with E-state index >= 15 is 0 Å². The lowest BCUT2D eigenvalue weighted by molar-refractivity contribution is -0.380. The van der Waals surface area contributed by atoms with Crippen molar-refractivity contribution < 1.29 is 9.66 Å². The summed E-state index contributed by atoms with van der Waals surface area (Å²) in [5, 5.41) is 14.1. The first-order chi connectivity index (χ1) is 10.1. The molecule has 0 spiro atoms. The molecule has 2 aromatic rings. The van der Waals surface area contributed by atoms with Crippen LogP contribution in [0.15, 0.2) is 36.4 Å². The first-order valence-electron chi connectivity index (χ1n) is 6.75. The van der Waals surface area contributed by atoms with Crippen molar-refractivity contribution in [3.05, 3.63) is 51.4 Å². The van der Waals surface area contributed by atoms with E-state index in [1.54, 1.807) is 6.07 Å². The highest BCUT2D eigenvalue weighted by Crippen LogP contribution is 2.28. The molecule has 2 rings (SSSR count). The molecule has 1 aromatic heterocycles. The Balaban J connectivity index is 2.00. The van der Waals surface area contributed by atoms with Gasteiger partial charge in [-0.3, -0.25) is 10.1 Å². The SMILES string of the molecule is CC(C)COc1ccccc1NCc1ccc([N+](=O)[O-])s1. The zero-order valence-corrected chi connectivity index (χ0v) is 12.9. The third-order valence-corrected chi connectivity index (χ3v) is 3.78.